The van der Waals surface area contributed by atoms with Crippen molar-refractivity contribution in [2.45, 2.75) is 43.6 Å². The van der Waals surface area contributed by atoms with Gasteiger partial charge in [-0.2, -0.15) is 0 Å². The Morgan fingerprint density at radius 2 is 1.94 bits per heavy atom. The van der Waals surface area contributed by atoms with Crippen molar-refractivity contribution < 1.29 is 13.2 Å². The van der Waals surface area contributed by atoms with Crippen LogP contribution in [0.3, 0.4) is 0 Å². The Balaban J connectivity index is 1.64. The van der Waals surface area contributed by atoms with Crippen molar-refractivity contribution in [1.82, 2.24) is 14.5 Å². The molecule has 2 aromatic carbocycles. The SMILES string of the molecule is CCN(C(=O)C(C)Sc1nc2ccccc2n1-c1ccc(C)cc1)C1CCS(=O)(=O)C1. The fourth-order valence-electron chi connectivity index (χ4n) is 4.08. The molecule has 1 fully saturated rings. The van der Waals surface area contributed by atoms with Gasteiger partial charge >= 0.3 is 0 Å². The smallest absolute Gasteiger partial charge is 0.236 e. The van der Waals surface area contributed by atoms with Gasteiger partial charge in [0, 0.05) is 18.3 Å². The van der Waals surface area contributed by atoms with E-state index in [1.54, 1.807) is 4.90 Å². The molecule has 0 bridgehead atoms. The molecule has 31 heavy (non-hydrogen) atoms. The maximum Gasteiger partial charge on any atom is 0.236 e. The molecule has 2 atom stereocenters. The predicted molar refractivity (Wildman–Crippen MR) is 126 cm³/mol. The number of carbonyl (C=O) groups is 1. The van der Waals surface area contributed by atoms with Crippen LogP contribution in [0.4, 0.5) is 0 Å². The minimum absolute atomic E-state index is 0.0443. The summed E-state index contributed by atoms with van der Waals surface area (Å²) in [4.78, 5) is 19.8. The van der Waals surface area contributed by atoms with Crippen LogP contribution in [-0.2, 0) is 14.6 Å². The average molecular weight is 458 g/mol. The van der Waals surface area contributed by atoms with Crippen molar-refractivity contribution in [1.29, 1.82) is 0 Å². The van der Waals surface area contributed by atoms with Gasteiger partial charge in [0.1, 0.15) is 0 Å². The van der Waals surface area contributed by atoms with Crippen LogP contribution in [0.5, 0.6) is 0 Å². The lowest BCUT2D eigenvalue weighted by Crippen LogP contribution is -2.44. The normalized spacial score (nSPS) is 18.9. The summed E-state index contributed by atoms with van der Waals surface area (Å²) in [6, 6.07) is 15.9. The summed E-state index contributed by atoms with van der Waals surface area (Å²) in [6.07, 6.45) is 0.515. The lowest BCUT2D eigenvalue weighted by atomic mass is 10.2. The Kier molecular flexibility index (Phi) is 6.12. The van der Waals surface area contributed by atoms with Crippen LogP contribution in [0.25, 0.3) is 16.7 Å². The molecule has 0 aliphatic carbocycles. The number of rotatable bonds is 6. The van der Waals surface area contributed by atoms with Crippen molar-refractivity contribution >= 4 is 38.5 Å². The molecule has 2 unspecified atom stereocenters. The number of para-hydroxylation sites is 2. The van der Waals surface area contributed by atoms with E-state index in [4.69, 9.17) is 4.98 Å². The number of nitrogens with zero attached hydrogens (tertiary/aromatic N) is 3. The first-order valence-corrected chi connectivity index (χ1v) is 13.2. The third kappa shape index (κ3) is 4.50. The molecule has 0 N–H and O–H groups in total. The fraction of sp³-hybridized carbons (Fsp3) is 0.391. The molecule has 0 saturated carbocycles. The molecule has 1 saturated heterocycles. The average Bonchev–Trinajstić information content (AvgIpc) is 3.28. The molecule has 1 amide bonds. The summed E-state index contributed by atoms with van der Waals surface area (Å²) in [5.74, 6) is 0.176. The molecule has 1 aliphatic heterocycles. The Labute approximate surface area is 187 Å². The van der Waals surface area contributed by atoms with Gasteiger partial charge in [0.15, 0.2) is 15.0 Å². The Bertz CT molecular complexity index is 1200. The van der Waals surface area contributed by atoms with Crippen molar-refractivity contribution in [2.24, 2.45) is 0 Å². The summed E-state index contributed by atoms with van der Waals surface area (Å²) in [5.41, 5.74) is 4.04. The number of carbonyl (C=O) groups excluding carboxylic acids is 1. The van der Waals surface area contributed by atoms with Gasteiger partial charge in [0.25, 0.3) is 0 Å². The maximum atomic E-state index is 13.3. The Morgan fingerprint density at radius 1 is 1.23 bits per heavy atom. The highest BCUT2D eigenvalue weighted by atomic mass is 32.2. The second-order valence-corrected chi connectivity index (χ2v) is 11.5. The number of hydrogen-bond donors (Lipinski definition) is 0. The molecule has 1 aromatic heterocycles. The number of imidazole rings is 1. The lowest BCUT2D eigenvalue weighted by molar-refractivity contribution is -0.131. The van der Waals surface area contributed by atoms with Crippen LogP contribution < -0.4 is 0 Å². The van der Waals surface area contributed by atoms with Crippen molar-refractivity contribution in [3.05, 3.63) is 54.1 Å². The van der Waals surface area contributed by atoms with E-state index >= 15 is 0 Å². The number of amides is 1. The van der Waals surface area contributed by atoms with E-state index in [1.165, 1.54) is 17.3 Å². The van der Waals surface area contributed by atoms with Gasteiger partial charge < -0.3 is 4.90 Å². The fourth-order valence-corrected chi connectivity index (χ4v) is 6.83. The van der Waals surface area contributed by atoms with E-state index in [-0.39, 0.29) is 28.7 Å². The Hall–Kier alpha value is -2.32. The summed E-state index contributed by atoms with van der Waals surface area (Å²) in [5, 5.41) is 0.366. The van der Waals surface area contributed by atoms with Crippen LogP contribution in [0.15, 0.2) is 53.7 Å². The highest BCUT2D eigenvalue weighted by molar-refractivity contribution is 8.00. The molecule has 2 heterocycles. The minimum Gasteiger partial charge on any atom is -0.338 e. The van der Waals surface area contributed by atoms with Gasteiger partial charge in [-0.1, -0.05) is 41.6 Å². The summed E-state index contributed by atoms with van der Waals surface area (Å²) < 4.78 is 25.9. The molecular formula is C23H27N3O3S2. The number of sulfone groups is 1. The quantitative estimate of drug-likeness (QED) is 0.526. The predicted octanol–water partition coefficient (Wildman–Crippen LogP) is 3.85. The van der Waals surface area contributed by atoms with Crippen molar-refractivity contribution in [3.63, 3.8) is 0 Å². The monoisotopic (exact) mass is 457 g/mol. The zero-order chi connectivity index (χ0) is 22.2. The van der Waals surface area contributed by atoms with E-state index in [1.807, 2.05) is 38.1 Å². The number of benzene rings is 2. The highest BCUT2D eigenvalue weighted by Crippen LogP contribution is 2.32. The third-order valence-electron chi connectivity index (χ3n) is 5.73. The van der Waals surface area contributed by atoms with E-state index < -0.39 is 9.84 Å². The van der Waals surface area contributed by atoms with Gasteiger partial charge in [-0.05, 0) is 51.5 Å². The van der Waals surface area contributed by atoms with E-state index in [2.05, 4.69) is 35.8 Å². The van der Waals surface area contributed by atoms with E-state index in [0.29, 0.717) is 13.0 Å². The molecule has 0 spiro atoms. The largest absolute Gasteiger partial charge is 0.338 e. The van der Waals surface area contributed by atoms with Crippen molar-refractivity contribution in [2.75, 3.05) is 18.1 Å². The lowest BCUT2D eigenvalue weighted by Gasteiger charge is -2.29. The molecule has 164 valence electrons. The highest BCUT2D eigenvalue weighted by Gasteiger charge is 2.35. The zero-order valence-corrected chi connectivity index (χ0v) is 19.6. The molecule has 8 heteroatoms. The van der Waals surface area contributed by atoms with Crippen LogP contribution in [0.1, 0.15) is 25.8 Å². The van der Waals surface area contributed by atoms with Crippen LogP contribution >= 0.6 is 11.8 Å². The molecule has 6 nitrogen and oxygen atoms in total. The maximum absolute atomic E-state index is 13.3. The van der Waals surface area contributed by atoms with Crippen molar-refractivity contribution in [3.8, 4) is 5.69 Å². The number of aromatic nitrogens is 2. The second-order valence-electron chi connectivity index (χ2n) is 8.00. The van der Waals surface area contributed by atoms with Crippen LogP contribution in [-0.4, -0.2) is 58.1 Å². The zero-order valence-electron chi connectivity index (χ0n) is 18.0. The summed E-state index contributed by atoms with van der Waals surface area (Å²) >= 11 is 1.42. The Morgan fingerprint density at radius 3 is 2.58 bits per heavy atom. The molecule has 1 aliphatic rings. The van der Waals surface area contributed by atoms with Gasteiger partial charge in [-0.15, -0.1) is 0 Å². The first kappa shape index (κ1) is 21.9. The second kappa shape index (κ2) is 8.67. The molecule has 3 aromatic rings. The number of aryl methyl sites for hydroxylation is 1. The van der Waals surface area contributed by atoms with Gasteiger partial charge in [-0.3, -0.25) is 9.36 Å². The van der Waals surface area contributed by atoms with Gasteiger partial charge in [0.05, 0.1) is 27.8 Å². The standard InChI is InChI=1S/C23H27N3O3S2/c1-4-25(19-13-14-31(28,29)15-19)22(27)17(3)30-23-24-20-7-5-6-8-21(20)26(23)18-11-9-16(2)10-12-18/h5-12,17,19H,4,13-15H2,1-3H3. The summed E-state index contributed by atoms with van der Waals surface area (Å²) in [7, 11) is -3.05. The molecular weight excluding hydrogens is 430 g/mol. The van der Waals surface area contributed by atoms with E-state index in [9.17, 15) is 13.2 Å². The van der Waals surface area contributed by atoms with Crippen LogP contribution in [0.2, 0.25) is 0 Å². The topological polar surface area (TPSA) is 72.3 Å². The molecule has 4 rings (SSSR count). The van der Waals surface area contributed by atoms with E-state index in [0.717, 1.165) is 21.9 Å². The van der Waals surface area contributed by atoms with Gasteiger partial charge in [0.2, 0.25) is 5.91 Å². The first-order valence-electron chi connectivity index (χ1n) is 10.5. The number of hydrogen-bond acceptors (Lipinski definition) is 5. The molecule has 0 radical (unpaired) electrons. The summed E-state index contributed by atoms with van der Waals surface area (Å²) in [6.45, 7) is 6.33. The van der Waals surface area contributed by atoms with Crippen LogP contribution in [0, 0.1) is 6.92 Å². The first-order chi connectivity index (χ1) is 14.8. The van der Waals surface area contributed by atoms with Gasteiger partial charge in [-0.25, -0.2) is 13.4 Å². The third-order valence-corrected chi connectivity index (χ3v) is 8.52. The minimum atomic E-state index is -3.05. The number of thioether (sulfide) groups is 1. The number of fused-ring (bicyclic) bond motifs is 1.